The number of carbonyl (C=O) groups is 1. The summed E-state index contributed by atoms with van der Waals surface area (Å²) in [5, 5.41) is 9.07. The number of para-hydroxylation sites is 1. The van der Waals surface area contributed by atoms with E-state index in [0.29, 0.717) is 29.4 Å². The molecule has 0 spiro atoms. The second-order valence-corrected chi connectivity index (χ2v) is 8.41. The zero-order valence-electron chi connectivity index (χ0n) is 20.1. The molecule has 2 heterocycles. The van der Waals surface area contributed by atoms with E-state index in [1.54, 1.807) is 6.33 Å². The highest BCUT2D eigenvalue weighted by Gasteiger charge is 2.24. The predicted molar refractivity (Wildman–Crippen MR) is 130 cm³/mol. The van der Waals surface area contributed by atoms with Crippen LogP contribution < -0.4 is 10.3 Å². The summed E-state index contributed by atoms with van der Waals surface area (Å²) in [7, 11) is 0. The first-order valence-corrected chi connectivity index (χ1v) is 12.0. The van der Waals surface area contributed by atoms with E-state index in [1.165, 1.54) is 0 Å². The fourth-order valence-corrected chi connectivity index (χ4v) is 3.99. The molecule has 3 aromatic rings. The Hall–Kier alpha value is -3.20. The van der Waals surface area contributed by atoms with E-state index in [1.807, 2.05) is 42.7 Å². The Morgan fingerprint density at radius 2 is 1.97 bits per heavy atom. The molecule has 2 unspecified atom stereocenters. The molecule has 0 radical (unpaired) electrons. The van der Waals surface area contributed by atoms with Crippen molar-refractivity contribution in [2.75, 3.05) is 13.2 Å². The zero-order valence-corrected chi connectivity index (χ0v) is 20.1. The van der Waals surface area contributed by atoms with Crippen molar-refractivity contribution >= 4 is 17.1 Å². The molecule has 2 aromatic heterocycles. The van der Waals surface area contributed by atoms with Crippen molar-refractivity contribution in [3.63, 3.8) is 0 Å². The number of fused-ring (bicyclic) bond motifs is 1. The van der Waals surface area contributed by atoms with E-state index in [-0.39, 0.29) is 23.7 Å². The van der Waals surface area contributed by atoms with Gasteiger partial charge in [-0.25, -0.2) is 14.8 Å². The van der Waals surface area contributed by atoms with Crippen molar-refractivity contribution < 1.29 is 19.4 Å². The Bertz CT molecular complexity index is 1140. The van der Waals surface area contributed by atoms with Crippen LogP contribution in [0.2, 0.25) is 0 Å². The molecular formula is C25H34N4O5. The molecule has 0 aliphatic carbocycles. The summed E-state index contributed by atoms with van der Waals surface area (Å²) in [6.45, 7) is 6.20. The molecule has 184 valence electrons. The first kappa shape index (κ1) is 25.4. The number of aliphatic carboxylic acids is 1. The van der Waals surface area contributed by atoms with Crippen LogP contribution in [0.25, 0.3) is 22.6 Å². The first-order valence-electron chi connectivity index (χ1n) is 12.0. The number of rotatable bonds is 14. The molecule has 34 heavy (non-hydrogen) atoms. The molecule has 0 aliphatic rings. The number of aromatic amines is 1. The Morgan fingerprint density at radius 3 is 2.71 bits per heavy atom. The minimum Gasteiger partial charge on any atom is -0.493 e. The molecule has 0 saturated heterocycles. The van der Waals surface area contributed by atoms with E-state index < -0.39 is 12.1 Å². The average molecular weight is 471 g/mol. The maximum absolute atomic E-state index is 12.9. The quantitative estimate of drug-likeness (QED) is 0.331. The zero-order chi connectivity index (χ0) is 24.5. The van der Waals surface area contributed by atoms with Gasteiger partial charge in [0.25, 0.3) is 5.56 Å². The SMILES string of the molecule is CCCCCCC(C(C)OCC(=O)O)n1cnc2c(=O)[nH]c(-c3ccccc3OCCC)nc21. The van der Waals surface area contributed by atoms with Gasteiger partial charge in [0.2, 0.25) is 0 Å². The largest absolute Gasteiger partial charge is 0.493 e. The van der Waals surface area contributed by atoms with Gasteiger partial charge < -0.3 is 24.1 Å². The Morgan fingerprint density at radius 1 is 1.18 bits per heavy atom. The number of imidazole rings is 1. The van der Waals surface area contributed by atoms with Crippen LogP contribution in [0.1, 0.15) is 65.3 Å². The van der Waals surface area contributed by atoms with E-state index in [2.05, 4.69) is 16.9 Å². The second kappa shape index (κ2) is 12.3. The van der Waals surface area contributed by atoms with Gasteiger partial charge in [-0.2, -0.15) is 0 Å². The molecule has 0 bridgehead atoms. The standard InChI is InChI=1S/C25H34N4O5/c1-4-6-7-8-12-19(17(3)34-15-21(30)31)29-16-26-22-24(29)27-23(28-25(22)32)18-11-9-10-13-20(18)33-14-5-2/h9-11,13,16-17,19H,4-8,12,14-15H2,1-3H3,(H,30,31)(H,27,28,32). The smallest absolute Gasteiger partial charge is 0.329 e. The highest BCUT2D eigenvalue weighted by molar-refractivity contribution is 5.74. The van der Waals surface area contributed by atoms with Gasteiger partial charge in [0, 0.05) is 0 Å². The van der Waals surface area contributed by atoms with Crippen LogP contribution in [-0.2, 0) is 9.53 Å². The van der Waals surface area contributed by atoms with Gasteiger partial charge in [-0.15, -0.1) is 0 Å². The van der Waals surface area contributed by atoms with Gasteiger partial charge in [-0.3, -0.25) is 4.79 Å². The van der Waals surface area contributed by atoms with Crippen molar-refractivity contribution in [2.24, 2.45) is 0 Å². The fourth-order valence-electron chi connectivity index (χ4n) is 3.99. The lowest BCUT2D eigenvalue weighted by Crippen LogP contribution is -2.27. The number of ether oxygens (including phenoxy) is 2. The number of carboxylic acid groups (broad SMARTS) is 1. The van der Waals surface area contributed by atoms with Gasteiger partial charge in [-0.1, -0.05) is 51.7 Å². The Kier molecular flexibility index (Phi) is 9.21. The number of hydrogen-bond donors (Lipinski definition) is 2. The maximum Gasteiger partial charge on any atom is 0.329 e. The highest BCUT2D eigenvalue weighted by Crippen LogP contribution is 2.29. The summed E-state index contributed by atoms with van der Waals surface area (Å²) < 4.78 is 13.3. The van der Waals surface area contributed by atoms with Crippen LogP contribution in [0.15, 0.2) is 35.4 Å². The summed E-state index contributed by atoms with van der Waals surface area (Å²) in [6, 6.07) is 7.24. The van der Waals surface area contributed by atoms with Crippen molar-refractivity contribution in [1.29, 1.82) is 0 Å². The Balaban J connectivity index is 2.02. The van der Waals surface area contributed by atoms with Crippen LogP contribution >= 0.6 is 0 Å². The number of nitrogens with one attached hydrogen (secondary N) is 1. The van der Waals surface area contributed by atoms with Gasteiger partial charge in [0.15, 0.2) is 11.2 Å². The van der Waals surface area contributed by atoms with E-state index in [0.717, 1.165) is 38.5 Å². The molecule has 2 atom stereocenters. The van der Waals surface area contributed by atoms with Gasteiger partial charge in [0.05, 0.1) is 30.6 Å². The molecule has 0 aliphatic heterocycles. The maximum atomic E-state index is 12.9. The van der Waals surface area contributed by atoms with Crippen molar-refractivity contribution in [3.05, 3.63) is 40.9 Å². The molecule has 9 heteroatoms. The van der Waals surface area contributed by atoms with Crippen molar-refractivity contribution in [1.82, 2.24) is 19.5 Å². The first-order chi connectivity index (χ1) is 16.5. The van der Waals surface area contributed by atoms with Crippen LogP contribution in [0.4, 0.5) is 0 Å². The number of aromatic nitrogens is 4. The number of H-pyrrole nitrogens is 1. The van der Waals surface area contributed by atoms with Crippen LogP contribution in [0.3, 0.4) is 0 Å². The lowest BCUT2D eigenvalue weighted by atomic mass is 10.0. The number of nitrogens with zero attached hydrogens (tertiary/aromatic N) is 3. The predicted octanol–water partition coefficient (Wildman–Crippen LogP) is 4.58. The number of hydrogen-bond acceptors (Lipinski definition) is 6. The third kappa shape index (κ3) is 6.22. The highest BCUT2D eigenvalue weighted by atomic mass is 16.5. The topological polar surface area (TPSA) is 119 Å². The average Bonchev–Trinajstić information content (AvgIpc) is 3.25. The molecule has 0 fully saturated rings. The fraction of sp³-hybridized carbons (Fsp3) is 0.520. The lowest BCUT2D eigenvalue weighted by molar-refractivity contribution is -0.144. The monoisotopic (exact) mass is 470 g/mol. The summed E-state index contributed by atoms with van der Waals surface area (Å²) in [5.41, 5.74) is 1.03. The summed E-state index contributed by atoms with van der Waals surface area (Å²) in [4.78, 5) is 35.9. The third-order valence-electron chi connectivity index (χ3n) is 5.76. The van der Waals surface area contributed by atoms with Crippen molar-refractivity contribution in [3.8, 4) is 17.1 Å². The van der Waals surface area contributed by atoms with E-state index in [4.69, 9.17) is 19.6 Å². The number of carboxylic acids is 1. The molecular weight excluding hydrogens is 436 g/mol. The minimum atomic E-state index is -1.02. The normalized spacial score (nSPS) is 13.1. The van der Waals surface area contributed by atoms with Gasteiger partial charge in [-0.05, 0) is 31.9 Å². The van der Waals surface area contributed by atoms with Crippen LogP contribution in [-0.4, -0.2) is 49.9 Å². The molecule has 3 rings (SSSR count). The Labute approximate surface area is 199 Å². The summed E-state index contributed by atoms with van der Waals surface area (Å²) in [6.07, 6.45) is 7.06. The third-order valence-corrected chi connectivity index (χ3v) is 5.76. The summed E-state index contributed by atoms with van der Waals surface area (Å²) in [5.74, 6) is 0.0228. The van der Waals surface area contributed by atoms with Crippen LogP contribution in [0, 0.1) is 0 Å². The van der Waals surface area contributed by atoms with Gasteiger partial charge in [0.1, 0.15) is 18.2 Å². The molecule has 1 aromatic carbocycles. The minimum absolute atomic E-state index is 0.213. The number of benzene rings is 1. The molecule has 0 saturated carbocycles. The molecule has 9 nitrogen and oxygen atoms in total. The molecule has 0 amide bonds. The van der Waals surface area contributed by atoms with Crippen LogP contribution in [0.5, 0.6) is 5.75 Å². The molecule has 2 N–H and O–H groups in total. The number of unbranched alkanes of at least 4 members (excludes halogenated alkanes) is 3. The van der Waals surface area contributed by atoms with Crippen molar-refractivity contribution in [2.45, 2.75) is 71.4 Å². The van der Waals surface area contributed by atoms with E-state index in [9.17, 15) is 9.59 Å². The lowest BCUT2D eigenvalue weighted by Gasteiger charge is -2.25. The van der Waals surface area contributed by atoms with Gasteiger partial charge >= 0.3 is 5.97 Å². The summed E-state index contributed by atoms with van der Waals surface area (Å²) >= 11 is 0. The second-order valence-electron chi connectivity index (χ2n) is 8.41. The van der Waals surface area contributed by atoms with E-state index >= 15 is 0 Å².